The largest absolute Gasteiger partial charge is 0.396 e. The number of benzene rings is 1. The van der Waals surface area contributed by atoms with E-state index in [4.69, 9.17) is 0 Å². The number of hydrogen-bond acceptors (Lipinski definition) is 2. The van der Waals surface area contributed by atoms with Crippen molar-refractivity contribution in [3.8, 4) is 0 Å². The molecule has 15 heavy (non-hydrogen) atoms. The van der Waals surface area contributed by atoms with Crippen molar-refractivity contribution in [2.75, 3.05) is 6.61 Å². The van der Waals surface area contributed by atoms with Gasteiger partial charge in [-0.25, -0.2) is 4.98 Å². The van der Waals surface area contributed by atoms with Gasteiger partial charge in [0.15, 0.2) is 0 Å². The summed E-state index contributed by atoms with van der Waals surface area (Å²) in [5.74, 6) is 0.139. The van der Waals surface area contributed by atoms with Gasteiger partial charge in [-0.05, 0) is 5.56 Å². The highest BCUT2D eigenvalue weighted by molar-refractivity contribution is 5.19. The van der Waals surface area contributed by atoms with E-state index in [1.54, 1.807) is 12.5 Å². The number of aliphatic hydroxyl groups is 1. The van der Waals surface area contributed by atoms with E-state index in [9.17, 15) is 5.11 Å². The van der Waals surface area contributed by atoms with E-state index in [1.165, 1.54) is 0 Å². The average Bonchev–Trinajstić information content (AvgIpc) is 2.80. The van der Waals surface area contributed by atoms with E-state index in [1.807, 2.05) is 41.1 Å². The first-order valence-electron chi connectivity index (χ1n) is 5.01. The van der Waals surface area contributed by atoms with Crippen molar-refractivity contribution in [1.29, 1.82) is 0 Å². The van der Waals surface area contributed by atoms with Gasteiger partial charge in [-0.3, -0.25) is 0 Å². The van der Waals surface area contributed by atoms with Crippen LogP contribution in [0.15, 0.2) is 49.1 Å². The lowest BCUT2D eigenvalue weighted by Crippen LogP contribution is -2.11. The average molecular weight is 202 g/mol. The van der Waals surface area contributed by atoms with Crippen LogP contribution in [0.1, 0.15) is 11.5 Å². The van der Waals surface area contributed by atoms with E-state index in [0.29, 0.717) is 0 Å². The van der Waals surface area contributed by atoms with E-state index in [2.05, 4.69) is 4.98 Å². The Hall–Kier alpha value is -1.61. The molecule has 1 unspecified atom stereocenters. The molecule has 1 aromatic heterocycles. The monoisotopic (exact) mass is 202 g/mol. The molecular weight excluding hydrogens is 188 g/mol. The van der Waals surface area contributed by atoms with Gasteiger partial charge >= 0.3 is 0 Å². The lowest BCUT2D eigenvalue weighted by atomic mass is 10.0. The van der Waals surface area contributed by atoms with Crippen molar-refractivity contribution in [3.63, 3.8) is 0 Å². The Labute approximate surface area is 89.0 Å². The number of aromatic nitrogens is 2. The summed E-state index contributed by atoms with van der Waals surface area (Å²) in [7, 11) is 0. The first kappa shape index (κ1) is 9.93. The van der Waals surface area contributed by atoms with Gasteiger partial charge in [0.2, 0.25) is 0 Å². The maximum Gasteiger partial charge on any atom is 0.0946 e. The Bertz CT molecular complexity index is 383. The van der Waals surface area contributed by atoms with Crippen LogP contribution in [0.4, 0.5) is 0 Å². The van der Waals surface area contributed by atoms with Crippen molar-refractivity contribution >= 4 is 0 Å². The molecule has 3 nitrogen and oxygen atoms in total. The van der Waals surface area contributed by atoms with Gasteiger partial charge in [0.25, 0.3) is 0 Å². The molecule has 0 saturated heterocycles. The lowest BCUT2D eigenvalue weighted by molar-refractivity contribution is 0.253. The summed E-state index contributed by atoms with van der Waals surface area (Å²) in [5, 5.41) is 9.34. The molecule has 3 heteroatoms. The predicted octanol–water partition coefficient (Wildman–Crippen LogP) is 1.66. The summed E-state index contributed by atoms with van der Waals surface area (Å²) in [6.07, 6.45) is 5.43. The van der Waals surface area contributed by atoms with Crippen molar-refractivity contribution in [1.82, 2.24) is 9.55 Å². The van der Waals surface area contributed by atoms with Gasteiger partial charge in [0.05, 0.1) is 12.9 Å². The zero-order chi connectivity index (χ0) is 10.5. The summed E-state index contributed by atoms with van der Waals surface area (Å²) in [5.41, 5.74) is 1.16. The van der Waals surface area contributed by atoms with Crippen LogP contribution in [0.25, 0.3) is 0 Å². The molecule has 0 bridgehead atoms. The summed E-state index contributed by atoms with van der Waals surface area (Å²) in [6.45, 7) is 0.919. The SMILES string of the molecule is OCC(Cn1ccnc1)c1ccccc1. The Morgan fingerprint density at radius 1 is 1.27 bits per heavy atom. The molecule has 0 spiro atoms. The Kier molecular flexibility index (Phi) is 3.15. The van der Waals surface area contributed by atoms with Gasteiger partial charge in [-0.1, -0.05) is 30.3 Å². The number of aliphatic hydroxyl groups excluding tert-OH is 1. The number of rotatable bonds is 4. The molecule has 1 aromatic carbocycles. The van der Waals surface area contributed by atoms with Crippen molar-refractivity contribution in [2.24, 2.45) is 0 Å². The zero-order valence-electron chi connectivity index (χ0n) is 8.45. The minimum Gasteiger partial charge on any atom is -0.396 e. The second kappa shape index (κ2) is 4.75. The first-order valence-corrected chi connectivity index (χ1v) is 5.01. The van der Waals surface area contributed by atoms with Crippen LogP contribution >= 0.6 is 0 Å². The predicted molar refractivity (Wildman–Crippen MR) is 58.5 cm³/mol. The highest BCUT2D eigenvalue weighted by atomic mass is 16.3. The van der Waals surface area contributed by atoms with Crippen LogP contribution in [-0.4, -0.2) is 21.3 Å². The minimum absolute atomic E-state index is 0.139. The maximum atomic E-state index is 9.34. The second-order valence-electron chi connectivity index (χ2n) is 3.55. The normalized spacial score (nSPS) is 12.6. The van der Waals surface area contributed by atoms with Gasteiger partial charge in [-0.15, -0.1) is 0 Å². The lowest BCUT2D eigenvalue weighted by Gasteiger charge is -2.14. The molecule has 78 valence electrons. The van der Waals surface area contributed by atoms with Crippen molar-refractivity contribution < 1.29 is 5.11 Å². The molecular formula is C12H14N2O. The van der Waals surface area contributed by atoms with Crippen LogP contribution in [0.5, 0.6) is 0 Å². The summed E-state index contributed by atoms with van der Waals surface area (Å²) >= 11 is 0. The highest BCUT2D eigenvalue weighted by Crippen LogP contribution is 2.16. The molecule has 0 aliphatic rings. The van der Waals surface area contributed by atoms with Crippen molar-refractivity contribution in [3.05, 3.63) is 54.6 Å². The number of hydrogen-bond donors (Lipinski definition) is 1. The van der Waals surface area contributed by atoms with Crippen LogP contribution in [-0.2, 0) is 6.54 Å². The fraction of sp³-hybridized carbons (Fsp3) is 0.250. The minimum atomic E-state index is 0.139. The quantitative estimate of drug-likeness (QED) is 0.818. The Balaban J connectivity index is 2.12. The molecule has 2 aromatic rings. The smallest absolute Gasteiger partial charge is 0.0946 e. The van der Waals surface area contributed by atoms with Crippen molar-refractivity contribution in [2.45, 2.75) is 12.5 Å². The highest BCUT2D eigenvalue weighted by Gasteiger charge is 2.09. The second-order valence-corrected chi connectivity index (χ2v) is 3.55. The maximum absolute atomic E-state index is 9.34. The molecule has 1 atom stereocenters. The fourth-order valence-electron chi connectivity index (χ4n) is 1.64. The van der Waals surface area contributed by atoms with Crippen LogP contribution < -0.4 is 0 Å². The summed E-state index contributed by atoms with van der Waals surface area (Å²) in [6, 6.07) is 10.0. The third-order valence-corrected chi connectivity index (χ3v) is 2.48. The third-order valence-electron chi connectivity index (χ3n) is 2.48. The Morgan fingerprint density at radius 2 is 2.07 bits per heavy atom. The topological polar surface area (TPSA) is 38.0 Å². The molecule has 0 aliphatic heterocycles. The van der Waals surface area contributed by atoms with Crippen LogP contribution in [0.3, 0.4) is 0 Å². The standard InChI is InChI=1S/C12H14N2O/c15-9-12(8-14-7-6-13-10-14)11-4-2-1-3-5-11/h1-7,10,12,15H,8-9H2. The number of imidazole rings is 1. The molecule has 1 N–H and O–H groups in total. The van der Waals surface area contributed by atoms with Gasteiger partial charge in [-0.2, -0.15) is 0 Å². The first-order chi connectivity index (χ1) is 7.40. The number of nitrogens with zero attached hydrogens (tertiary/aromatic N) is 2. The van der Waals surface area contributed by atoms with E-state index in [0.717, 1.165) is 12.1 Å². The summed E-state index contributed by atoms with van der Waals surface area (Å²) in [4.78, 5) is 3.98. The molecule has 2 rings (SSSR count). The van der Waals surface area contributed by atoms with Gasteiger partial charge < -0.3 is 9.67 Å². The molecule has 0 amide bonds. The fourth-order valence-corrected chi connectivity index (χ4v) is 1.64. The van der Waals surface area contributed by atoms with E-state index < -0.39 is 0 Å². The Morgan fingerprint density at radius 3 is 2.67 bits per heavy atom. The summed E-state index contributed by atoms with van der Waals surface area (Å²) < 4.78 is 1.98. The van der Waals surface area contributed by atoms with Crippen LogP contribution in [0.2, 0.25) is 0 Å². The molecule has 0 radical (unpaired) electrons. The molecule has 0 fully saturated rings. The van der Waals surface area contributed by atoms with Gasteiger partial charge in [0.1, 0.15) is 0 Å². The molecule has 0 saturated carbocycles. The van der Waals surface area contributed by atoms with E-state index >= 15 is 0 Å². The van der Waals surface area contributed by atoms with Gasteiger partial charge in [0, 0.05) is 24.9 Å². The molecule has 0 aliphatic carbocycles. The van der Waals surface area contributed by atoms with Crippen LogP contribution in [0, 0.1) is 0 Å². The third kappa shape index (κ3) is 2.44. The zero-order valence-corrected chi connectivity index (χ0v) is 8.45. The molecule has 1 heterocycles. The van der Waals surface area contributed by atoms with E-state index in [-0.39, 0.29) is 12.5 Å².